The number of aromatic nitrogens is 2. The molecule has 0 saturated carbocycles. The average Bonchev–Trinajstić information content (AvgIpc) is 2.66. The van der Waals surface area contributed by atoms with E-state index in [1.54, 1.807) is 0 Å². The third-order valence-electron chi connectivity index (χ3n) is 2.81. The van der Waals surface area contributed by atoms with Gasteiger partial charge in [-0.15, -0.1) is 0 Å². The molecule has 2 heterocycles. The summed E-state index contributed by atoms with van der Waals surface area (Å²) in [4.78, 5) is 10.1. The van der Waals surface area contributed by atoms with E-state index in [0.717, 1.165) is 38.6 Å². The lowest BCUT2D eigenvalue weighted by molar-refractivity contribution is -0.788. The number of para-hydroxylation sites is 1. The fourth-order valence-corrected chi connectivity index (χ4v) is 2.04. The minimum atomic E-state index is 0.778. The molecular weight excluding hydrogens is 214 g/mol. The monoisotopic (exact) mass is 228 g/mol. The first-order valence-corrected chi connectivity index (χ1v) is 5.63. The number of hydrogen-bond acceptors (Lipinski definition) is 3. The van der Waals surface area contributed by atoms with Crippen molar-refractivity contribution < 1.29 is 9.32 Å². The lowest BCUT2D eigenvalue weighted by atomic mass is 10.2. The zero-order chi connectivity index (χ0) is 12.0. The Hall–Kier alpha value is -1.94. The second-order valence-corrected chi connectivity index (χ2v) is 4.40. The lowest BCUT2D eigenvalue weighted by Crippen LogP contribution is -3.00. The molecule has 17 heavy (non-hydrogen) atoms. The number of nitrogens with zero attached hydrogens (tertiary/aromatic N) is 2. The van der Waals surface area contributed by atoms with Crippen LogP contribution in [0.15, 0.2) is 28.7 Å². The Morgan fingerprint density at radius 1 is 1.12 bits per heavy atom. The largest absolute Gasteiger partial charge is 0.446 e. The minimum absolute atomic E-state index is 0.778. The topological polar surface area (TPSA) is 43.4 Å². The number of fused-ring (bicyclic) bond motifs is 3. The van der Waals surface area contributed by atoms with E-state index in [4.69, 9.17) is 4.42 Å². The van der Waals surface area contributed by atoms with Gasteiger partial charge in [0, 0.05) is 5.39 Å². The number of benzene rings is 1. The van der Waals surface area contributed by atoms with Crippen molar-refractivity contribution in [2.75, 3.05) is 14.1 Å². The maximum Gasteiger partial charge on any atom is 0.273 e. The first-order valence-electron chi connectivity index (χ1n) is 5.63. The molecule has 3 aromatic rings. The standard InChI is InChI=1S/C13H13N3O/c1-8-14-11-9-6-4-5-7-10(9)17-12(11)13(15-8)16(2)3/h4-7H,1-3H3/p+1. The summed E-state index contributed by atoms with van der Waals surface area (Å²) in [5, 5.41) is 1.05. The fraction of sp³-hybridized carbons (Fsp3) is 0.231. The van der Waals surface area contributed by atoms with E-state index in [1.807, 2.05) is 45.3 Å². The van der Waals surface area contributed by atoms with Gasteiger partial charge in [0.15, 0.2) is 0 Å². The van der Waals surface area contributed by atoms with Gasteiger partial charge in [-0.2, -0.15) is 4.98 Å². The molecule has 0 aliphatic carbocycles. The number of furan rings is 1. The molecule has 0 atom stereocenters. The molecule has 0 aliphatic rings. The number of rotatable bonds is 1. The van der Waals surface area contributed by atoms with Crippen LogP contribution in [-0.4, -0.2) is 24.1 Å². The highest BCUT2D eigenvalue weighted by Crippen LogP contribution is 2.29. The van der Waals surface area contributed by atoms with Gasteiger partial charge in [-0.25, -0.2) is 4.98 Å². The Morgan fingerprint density at radius 2 is 1.88 bits per heavy atom. The van der Waals surface area contributed by atoms with Crippen molar-refractivity contribution in [1.82, 2.24) is 9.97 Å². The molecule has 4 heteroatoms. The molecule has 0 aliphatic heterocycles. The van der Waals surface area contributed by atoms with Crippen LogP contribution in [0.1, 0.15) is 5.82 Å². The van der Waals surface area contributed by atoms with Crippen LogP contribution in [0.25, 0.3) is 22.1 Å². The van der Waals surface area contributed by atoms with Gasteiger partial charge in [0.1, 0.15) is 16.9 Å². The Kier molecular flexibility index (Phi) is 2.12. The smallest absolute Gasteiger partial charge is 0.273 e. The number of quaternary nitrogens is 1. The molecule has 1 N–H and O–H groups in total. The van der Waals surface area contributed by atoms with E-state index in [1.165, 1.54) is 0 Å². The molecule has 0 unspecified atom stereocenters. The predicted molar refractivity (Wildman–Crippen MR) is 66.5 cm³/mol. The van der Waals surface area contributed by atoms with Gasteiger partial charge >= 0.3 is 0 Å². The second kappa shape index (κ2) is 3.53. The Labute approximate surface area is 98.9 Å². The number of nitrogens with one attached hydrogen (secondary N) is 1. The molecule has 86 valence electrons. The van der Waals surface area contributed by atoms with Gasteiger partial charge in [0.2, 0.25) is 5.58 Å². The van der Waals surface area contributed by atoms with Crippen LogP contribution >= 0.6 is 0 Å². The molecule has 1 aromatic carbocycles. The van der Waals surface area contributed by atoms with Crippen molar-refractivity contribution in [2.45, 2.75) is 6.92 Å². The van der Waals surface area contributed by atoms with Gasteiger partial charge in [0.05, 0.1) is 14.1 Å². The average molecular weight is 228 g/mol. The number of hydrogen-bond donors (Lipinski definition) is 1. The zero-order valence-corrected chi connectivity index (χ0v) is 10.1. The first-order chi connectivity index (χ1) is 8.16. The van der Waals surface area contributed by atoms with Crippen molar-refractivity contribution >= 4 is 27.9 Å². The minimum Gasteiger partial charge on any atom is -0.446 e. The zero-order valence-electron chi connectivity index (χ0n) is 10.1. The molecule has 4 nitrogen and oxygen atoms in total. The highest BCUT2D eigenvalue weighted by molar-refractivity contribution is 6.04. The van der Waals surface area contributed by atoms with Gasteiger partial charge in [-0.1, -0.05) is 12.1 Å². The van der Waals surface area contributed by atoms with Gasteiger partial charge < -0.3 is 4.42 Å². The Morgan fingerprint density at radius 3 is 2.65 bits per heavy atom. The van der Waals surface area contributed by atoms with Crippen LogP contribution in [0.4, 0.5) is 5.82 Å². The van der Waals surface area contributed by atoms with Crippen LogP contribution < -0.4 is 4.90 Å². The molecule has 0 bridgehead atoms. The van der Waals surface area contributed by atoms with Crippen LogP contribution in [0, 0.1) is 6.92 Å². The SMILES string of the molecule is Cc1nc([NH+](C)C)c2oc3ccccc3c2n1. The quantitative estimate of drug-likeness (QED) is 0.685. The summed E-state index contributed by atoms with van der Waals surface area (Å²) in [7, 11) is 4.07. The highest BCUT2D eigenvalue weighted by atomic mass is 16.3. The predicted octanol–water partition coefficient (Wildman–Crippen LogP) is 1.46. The summed E-state index contributed by atoms with van der Waals surface area (Å²) in [6.45, 7) is 1.91. The molecule has 0 amide bonds. The lowest BCUT2D eigenvalue weighted by Gasteiger charge is -2.05. The third-order valence-corrected chi connectivity index (χ3v) is 2.81. The highest BCUT2D eigenvalue weighted by Gasteiger charge is 2.18. The summed E-state index contributed by atoms with van der Waals surface area (Å²) >= 11 is 0. The first kappa shape index (κ1) is 10.2. The summed E-state index contributed by atoms with van der Waals surface area (Å²) in [6.07, 6.45) is 0. The van der Waals surface area contributed by atoms with Crippen molar-refractivity contribution in [2.24, 2.45) is 0 Å². The molecule has 0 spiro atoms. The van der Waals surface area contributed by atoms with E-state index in [-0.39, 0.29) is 0 Å². The van der Waals surface area contributed by atoms with E-state index in [2.05, 4.69) is 9.97 Å². The van der Waals surface area contributed by atoms with E-state index in [9.17, 15) is 0 Å². The van der Waals surface area contributed by atoms with Gasteiger partial charge in [-0.05, 0) is 19.1 Å². The van der Waals surface area contributed by atoms with Crippen LogP contribution in [0.3, 0.4) is 0 Å². The van der Waals surface area contributed by atoms with E-state index in [0.29, 0.717) is 0 Å². The Balaban J connectivity index is 2.51. The van der Waals surface area contributed by atoms with Crippen LogP contribution in [0.2, 0.25) is 0 Å². The Bertz CT molecular complexity index is 700. The van der Waals surface area contributed by atoms with Gasteiger partial charge in [-0.3, -0.25) is 4.90 Å². The summed E-state index contributed by atoms with van der Waals surface area (Å²) in [6, 6.07) is 7.95. The van der Waals surface area contributed by atoms with Crippen molar-refractivity contribution in [1.29, 1.82) is 0 Å². The fourth-order valence-electron chi connectivity index (χ4n) is 2.04. The van der Waals surface area contributed by atoms with Gasteiger partial charge in [0.25, 0.3) is 5.82 Å². The van der Waals surface area contributed by atoms with Crippen LogP contribution in [0.5, 0.6) is 0 Å². The van der Waals surface area contributed by atoms with Crippen molar-refractivity contribution in [3.8, 4) is 0 Å². The molecule has 2 aromatic heterocycles. The second-order valence-electron chi connectivity index (χ2n) is 4.40. The molecule has 0 radical (unpaired) electrons. The molecular formula is C13H14N3O+. The molecule has 3 rings (SSSR count). The van der Waals surface area contributed by atoms with Crippen molar-refractivity contribution in [3.05, 3.63) is 30.1 Å². The molecule has 0 fully saturated rings. The summed E-state index contributed by atoms with van der Waals surface area (Å²) in [5.74, 6) is 1.68. The van der Waals surface area contributed by atoms with Crippen molar-refractivity contribution in [3.63, 3.8) is 0 Å². The normalized spacial score (nSPS) is 11.8. The third kappa shape index (κ3) is 1.49. The van der Waals surface area contributed by atoms with E-state index >= 15 is 0 Å². The number of aryl methyl sites for hydroxylation is 1. The van der Waals surface area contributed by atoms with Crippen LogP contribution in [-0.2, 0) is 0 Å². The summed E-state index contributed by atoms with van der Waals surface area (Å²) < 4.78 is 5.85. The maximum absolute atomic E-state index is 5.85. The van der Waals surface area contributed by atoms with E-state index < -0.39 is 0 Å². The maximum atomic E-state index is 5.85. The molecule has 0 saturated heterocycles. The summed E-state index contributed by atoms with van der Waals surface area (Å²) in [5.41, 5.74) is 2.56.